The molecular formula is C13H13ClN4O2S. The van der Waals surface area contributed by atoms with Crippen LogP contribution in [-0.4, -0.2) is 16.9 Å². The summed E-state index contributed by atoms with van der Waals surface area (Å²) >= 11 is 7.10. The summed E-state index contributed by atoms with van der Waals surface area (Å²) in [5.41, 5.74) is 8.82. The Bertz CT molecular complexity index is 682. The molecule has 3 amide bonds. The predicted octanol–water partition coefficient (Wildman–Crippen LogP) is 2.64. The molecule has 110 valence electrons. The van der Waals surface area contributed by atoms with Gasteiger partial charge in [0, 0.05) is 15.5 Å². The lowest BCUT2D eigenvalue weighted by Gasteiger charge is -2.18. The average Bonchev–Trinajstić information content (AvgIpc) is 2.75. The fourth-order valence-corrected chi connectivity index (χ4v) is 2.61. The number of carbonyl (C=O) groups is 2. The van der Waals surface area contributed by atoms with Gasteiger partial charge in [0.2, 0.25) is 5.13 Å². The molecule has 3 N–H and O–H groups in total. The molecule has 0 unspecified atom stereocenters. The average molecular weight is 325 g/mol. The Balaban J connectivity index is 2.24. The van der Waals surface area contributed by atoms with Crippen LogP contribution in [-0.2, 0) is 0 Å². The maximum atomic E-state index is 12.1. The number of benzene rings is 1. The Labute approximate surface area is 130 Å². The molecule has 6 nitrogen and oxygen atoms in total. The Morgan fingerprint density at radius 1 is 1.38 bits per heavy atom. The van der Waals surface area contributed by atoms with Crippen LogP contribution in [0, 0.1) is 13.8 Å². The van der Waals surface area contributed by atoms with E-state index in [9.17, 15) is 9.59 Å². The fourth-order valence-electron chi connectivity index (χ4n) is 1.54. The number of aryl methyl sites for hydroxylation is 2. The number of amides is 3. The van der Waals surface area contributed by atoms with Gasteiger partial charge in [-0.2, -0.15) is 5.01 Å². The zero-order valence-electron chi connectivity index (χ0n) is 11.4. The second-order valence-electron chi connectivity index (χ2n) is 4.26. The molecule has 2 rings (SSSR count). The van der Waals surface area contributed by atoms with Crippen molar-refractivity contribution in [2.45, 2.75) is 13.8 Å². The van der Waals surface area contributed by atoms with Gasteiger partial charge in [-0.25, -0.2) is 9.78 Å². The minimum Gasteiger partial charge on any atom is -0.350 e. The Hall–Kier alpha value is -2.12. The summed E-state index contributed by atoms with van der Waals surface area (Å²) in [7, 11) is 0. The van der Waals surface area contributed by atoms with Gasteiger partial charge in [0.05, 0.1) is 5.69 Å². The highest BCUT2D eigenvalue weighted by molar-refractivity contribution is 7.15. The van der Waals surface area contributed by atoms with Gasteiger partial charge in [-0.1, -0.05) is 29.0 Å². The number of rotatable bonds is 2. The maximum Gasteiger partial charge on any atom is 0.340 e. The molecule has 1 heterocycles. The molecule has 1 aromatic carbocycles. The van der Waals surface area contributed by atoms with Crippen LogP contribution in [0.3, 0.4) is 0 Å². The van der Waals surface area contributed by atoms with E-state index in [2.05, 4.69) is 10.4 Å². The van der Waals surface area contributed by atoms with Crippen molar-refractivity contribution in [3.8, 4) is 0 Å². The lowest BCUT2D eigenvalue weighted by atomic mass is 10.2. The van der Waals surface area contributed by atoms with Crippen molar-refractivity contribution in [3.63, 3.8) is 0 Å². The van der Waals surface area contributed by atoms with E-state index in [4.69, 9.17) is 17.3 Å². The number of hydrogen-bond donors (Lipinski definition) is 2. The smallest absolute Gasteiger partial charge is 0.340 e. The van der Waals surface area contributed by atoms with Crippen LogP contribution < -0.4 is 16.2 Å². The first-order valence-electron chi connectivity index (χ1n) is 5.98. The Kier molecular flexibility index (Phi) is 4.44. The van der Waals surface area contributed by atoms with Crippen molar-refractivity contribution in [2.24, 2.45) is 5.73 Å². The number of nitrogens with zero attached hydrogens (tertiary/aromatic N) is 2. The summed E-state index contributed by atoms with van der Waals surface area (Å²) < 4.78 is 0. The van der Waals surface area contributed by atoms with E-state index in [1.807, 2.05) is 13.8 Å². The zero-order valence-corrected chi connectivity index (χ0v) is 13.0. The molecule has 0 bridgehead atoms. The van der Waals surface area contributed by atoms with E-state index in [1.54, 1.807) is 18.2 Å². The molecule has 0 aliphatic heterocycles. The van der Waals surface area contributed by atoms with Crippen LogP contribution in [0.25, 0.3) is 0 Å². The zero-order chi connectivity index (χ0) is 15.6. The normalized spacial score (nSPS) is 10.2. The van der Waals surface area contributed by atoms with E-state index >= 15 is 0 Å². The number of hydrogen-bond acceptors (Lipinski definition) is 4. The maximum absolute atomic E-state index is 12.1. The number of nitrogens with one attached hydrogen (secondary N) is 1. The lowest BCUT2D eigenvalue weighted by molar-refractivity contribution is 0.0951. The van der Waals surface area contributed by atoms with Crippen LogP contribution in [0.15, 0.2) is 24.3 Å². The molecule has 0 aliphatic carbocycles. The summed E-state index contributed by atoms with van der Waals surface area (Å²) in [6.45, 7) is 3.68. The van der Waals surface area contributed by atoms with Crippen LogP contribution >= 0.6 is 22.9 Å². The molecule has 0 spiro atoms. The number of nitrogens with two attached hydrogens (primary N) is 1. The SMILES string of the molecule is Cc1nc(N(NC(=O)c2cccc(Cl)c2)C(N)=O)sc1C. The Morgan fingerprint density at radius 2 is 2.10 bits per heavy atom. The van der Waals surface area contributed by atoms with Gasteiger partial charge in [-0.3, -0.25) is 10.2 Å². The molecule has 2 aromatic rings. The van der Waals surface area contributed by atoms with Crippen LogP contribution in [0.5, 0.6) is 0 Å². The number of hydrazine groups is 1. The third kappa shape index (κ3) is 3.50. The number of aromatic nitrogens is 1. The topological polar surface area (TPSA) is 88.3 Å². The van der Waals surface area contributed by atoms with E-state index in [0.717, 1.165) is 15.6 Å². The standard InChI is InChI=1S/C13H13ClN4O2S/c1-7-8(2)21-13(16-7)18(12(15)20)17-11(19)9-4-3-5-10(14)6-9/h3-6H,1-2H3,(H2,15,20)(H,17,19). The van der Waals surface area contributed by atoms with Crippen LogP contribution in [0.4, 0.5) is 9.93 Å². The van der Waals surface area contributed by atoms with Gasteiger partial charge in [0.1, 0.15) is 0 Å². The third-order valence-electron chi connectivity index (χ3n) is 2.73. The quantitative estimate of drug-likeness (QED) is 0.832. The van der Waals surface area contributed by atoms with Crippen molar-refractivity contribution in [3.05, 3.63) is 45.4 Å². The number of halogens is 1. The van der Waals surface area contributed by atoms with Gasteiger partial charge >= 0.3 is 6.03 Å². The van der Waals surface area contributed by atoms with Crippen molar-refractivity contribution in [1.29, 1.82) is 0 Å². The number of carbonyl (C=O) groups excluding carboxylic acids is 2. The first-order chi connectivity index (χ1) is 9.88. The molecule has 0 saturated carbocycles. The van der Waals surface area contributed by atoms with E-state index < -0.39 is 11.9 Å². The molecule has 0 atom stereocenters. The molecule has 21 heavy (non-hydrogen) atoms. The first-order valence-corrected chi connectivity index (χ1v) is 7.18. The molecule has 1 aromatic heterocycles. The van der Waals surface area contributed by atoms with E-state index in [0.29, 0.717) is 15.7 Å². The largest absolute Gasteiger partial charge is 0.350 e. The van der Waals surface area contributed by atoms with Gasteiger partial charge in [0.15, 0.2) is 0 Å². The van der Waals surface area contributed by atoms with Crippen LogP contribution in [0.1, 0.15) is 20.9 Å². The van der Waals surface area contributed by atoms with Gasteiger partial charge in [-0.05, 0) is 32.0 Å². The number of anilines is 1. The van der Waals surface area contributed by atoms with Crippen molar-refractivity contribution >= 4 is 40.0 Å². The van der Waals surface area contributed by atoms with Crippen molar-refractivity contribution < 1.29 is 9.59 Å². The van der Waals surface area contributed by atoms with Crippen LogP contribution in [0.2, 0.25) is 5.02 Å². The van der Waals surface area contributed by atoms with Gasteiger partial charge < -0.3 is 5.73 Å². The lowest BCUT2D eigenvalue weighted by Crippen LogP contribution is -2.49. The minimum atomic E-state index is -0.820. The molecule has 0 aliphatic rings. The summed E-state index contributed by atoms with van der Waals surface area (Å²) in [5, 5.41) is 1.66. The highest BCUT2D eigenvalue weighted by Gasteiger charge is 2.20. The van der Waals surface area contributed by atoms with Crippen molar-refractivity contribution in [1.82, 2.24) is 10.4 Å². The summed E-state index contributed by atoms with van der Waals surface area (Å²) in [5.74, 6) is -0.498. The second kappa shape index (κ2) is 6.11. The highest BCUT2D eigenvalue weighted by Crippen LogP contribution is 2.24. The Morgan fingerprint density at radius 3 is 2.62 bits per heavy atom. The number of primary amides is 1. The number of urea groups is 1. The number of thiazole rings is 1. The minimum absolute atomic E-state index is 0.313. The summed E-state index contributed by atoms with van der Waals surface area (Å²) in [4.78, 5) is 28.8. The molecule has 0 saturated heterocycles. The van der Waals surface area contributed by atoms with E-state index in [1.165, 1.54) is 17.4 Å². The molecule has 0 radical (unpaired) electrons. The third-order valence-corrected chi connectivity index (χ3v) is 4.02. The monoisotopic (exact) mass is 324 g/mol. The predicted molar refractivity (Wildman–Crippen MR) is 82.6 cm³/mol. The van der Waals surface area contributed by atoms with E-state index in [-0.39, 0.29) is 0 Å². The molecular weight excluding hydrogens is 312 g/mol. The first kappa shape index (κ1) is 15.3. The highest BCUT2D eigenvalue weighted by atomic mass is 35.5. The van der Waals surface area contributed by atoms with Crippen molar-refractivity contribution in [2.75, 3.05) is 5.01 Å². The van der Waals surface area contributed by atoms with Gasteiger partial charge in [0.25, 0.3) is 5.91 Å². The molecule has 8 heteroatoms. The summed E-state index contributed by atoms with van der Waals surface area (Å²) in [6.07, 6.45) is 0. The molecule has 0 fully saturated rings. The summed E-state index contributed by atoms with van der Waals surface area (Å²) in [6, 6.07) is 5.55. The van der Waals surface area contributed by atoms with Gasteiger partial charge in [-0.15, -0.1) is 0 Å². The fraction of sp³-hybridized carbons (Fsp3) is 0.154. The second-order valence-corrected chi connectivity index (χ2v) is 5.88.